The molecule has 0 aliphatic rings. The summed E-state index contributed by atoms with van der Waals surface area (Å²) in [5.74, 6) is -19.8. The lowest BCUT2D eigenvalue weighted by atomic mass is 10.0. The molecule has 0 bridgehead atoms. The first-order valence-corrected chi connectivity index (χ1v) is 26.5. The Kier molecular flexibility index (Phi) is 32.1. The molecule has 1 aromatic rings. The van der Waals surface area contributed by atoms with Gasteiger partial charge in [0.05, 0.1) is 39.1 Å². The van der Waals surface area contributed by atoms with Crippen molar-refractivity contribution in [2.45, 2.75) is 153 Å². The number of carboxylic acids is 3. The number of nitrogens with two attached hydrogens (primary N) is 1. The zero-order valence-corrected chi connectivity index (χ0v) is 48.0. The molecule has 86 heavy (non-hydrogen) atoms. The molecule has 0 radical (unpaired) electrons. The van der Waals surface area contributed by atoms with Crippen LogP contribution >= 0.6 is 0 Å². The molecule has 0 saturated carbocycles. The molecule has 37 heteroatoms. The van der Waals surface area contributed by atoms with Gasteiger partial charge in [0, 0.05) is 38.1 Å². The lowest BCUT2D eigenvalue weighted by Gasteiger charge is -2.27. The molecular weight excluding hydrogens is 1150 g/mol. The van der Waals surface area contributed by atoms with Crippen LogP contribution < -0.4 is 69.5 Å². The van der Waals surface area contributed by atoms with E-state index in [1.54, 1.807) is 0 Å². The summed E-state index contributed by atoms with van der Waals surface area (Å²) in [7, 11) is 0. The number of rotatable bonds is 39. The normalized spacial score (nSPS) is 14.8. The van der Waals surface area contributed by atoms with Crippen LogP contribution in [0, 0.1) is 11.8 Å². The molecule has 37 nitrogen and oxygen atoms in total. The molecule has 1 aromatic heterocycles. The van der Waals surface area contributed by atoms with Crippen molar-refractivity contribution in [1.82, 2.24) is 73.8 Å². The monoisotopic (exact) mass is 1230 g/mol. The molecule has 13 amide bonds. The second-order valence-corrected chi connectivity index (χ2v) is 20.0. The number of amides is 13. The molecular formula is C49H77N15O22. The highest BCUT2D eigenvalue weighted by Crippen LogP contribution is 2.09. The van der Waals surface area contributed by atoms with Gasteiger partial charge in [0.25, 0.3) is 0 Å². The first kappa shape index (κ1) is 74.6. The number of nitrogens with one attached hydrogen (secondary N) is 13. The van der Waals surface area contributed by atoms with Crippen LogP contribution in [-0.2, 0) is 83.1 Å². The van der Waals surface area contributed by atoms with Gasteiger partial charge in [0.15, 0.2) is 0 Å². The molecule has 0 aliphatic carbocycles. The standard InChI is InChI=1S/C49H77N15O22/c1-20(2)37(47(83)58-27(49(85)86)9-11-36(73)74)63-39(75)22(5)54-42(78)26(8-10-35(71)72)57-34(70)15-52-41(77)29(13-33(50)69)60-45(81)31(17-66)61-46(82)32(18-67)62-48(84)38(21(3)4)64-40(76)23(6)55-43(79)28(12-25-14-51-19-53-25)59-44(80)30(16-65)56-24(7)68/h14,19-23,26-32,37-38,65-67H,8-13,15-18H2,1-7H3,(H2,50,69)(H,51,53)(H,52,77)(H,54,78)(H,55,79)(H,56,68)(H,57,70)(H,58,83)(H,59,80)(H,60,81)(H,61,82)(H,62,84)(H,63,75)(H,64,76)(H,71,72)(H,73,74)(H,85,86)/t22-,23-,26-,27-,28-,29-,30-,31-,32-,37-,38-/m0/s1. The van der Waals surface area contributed by atoms with Gasteiger partial charge in [0.2, 0.25) is 76.8 Å². The third-order valence-electron chi connectivity index (χ3n) is 12.1. The van der Waals surface area contributed by atoms with E-state index >= 15 is 0 Å². The van der Waals surface area contributed by atoms with Gasteiger partial charge >= 0.3 is 17.9 Å². The Morgan fingerprint density at radius 3 is 1.27 bits per heavy atom. The van der Waals surface area contributed by atoms with Gasteiger partial charge in [-0.05, 0) is 38.5 Å². The number of aromatic nitrogens is 2. The molecule has 0 fully saturated rings. The van der Waals surface area contributed by atoms with Gasteiger partial charge in [-0.2, -0.15) is 0 Å². The van der Waals surface area contributed by atoms with E-state index in [9.17, 15) is 102 Å². The van der Waals surface area contributed by atoms with Crippen molar-refractivity contribution in [2.24, 2.45) is 17.6 Å². The maximum atomic E-state index is 13.5. The number of hydrogen-bond acceptors (Lipinski definition) is 20. The fraction of sp³-hybridized carbons (Fsp3) is 0.612. The lowest BCUT2D eigenvalue weighted by molar-refractivity contribution is -0.144. The summed E-state index contributed by atoms with van der Waals surface area (Å²) in [6.07, 6.45) is -0.952. The smallest absolute Gasteiger partial charge is 0.326 e. The van der Waals surface area contributed by atoms with Gasteiger partial charge in [-0.1, -0.05) is 27.7 Å². The maximum absolute atomic E-state index is 13.5. The molecule has 0 saturated heterocycles. The first-order valence-electron chi connectivity index (χ1n) is 26.5. The molecule has 1 rings (SSSR count). The fourth-order valence-electron chi connectivity index (χ4n) is 7.39. The van der Waals surface area contributed by atoms with Crippen LogP contribution in [0.15, 0.2) is 12.5 Å². The SMILES string of the molecule is CC(=O)N[C@@H](CO)C(=O)N[C@@H](Cc1cnc[nH]1)C(=O)N[C@@H](C)C(=O)N[C@H](C(=O)N[C@@H](CO)C(=O)N[C@@H](CO)C(=O)N[C@@H](CC(N)=O)C(=O)NCC(=O)N[C@@H](CCC(=O)O)C(=O)N[C@@H](C)C(=O)N[C@H](C(=O)N[C@@H](CCC(=O)O)C(=O)O)C(C)C)C(C)C. The Labute approximate surface area is 490 Å². The number of primary amides is 1. The molecule has 0 aromatic carbocycles. The summed E-state index contributed by atoms with van der Waals surface area (Å²) in [5.41, 5.74) is 5.63. The summed E-state index contributed by atoms with van der Waals surface area (Å²) in [6, 6.07) is -17.8. The Bertz CT molecular complexity index is 2600. The van der Waals surface area contributed by atoms with Crippen LogP contribution in [0.4, 0.5) is 0 Å². The van der Waals surface area contributed by atoms with E-state index in [0.717, 1.165) is 13.8 Å². The number of carbonyl (C=O) groups excluding carboxylic acids is 13. The number of aliphatic hydroxyl groups is 3. The van der Waals surface area contributed by atoms with Gasteiger partial charge in [-0.15, -0.1) is 0 Å². The number of aliphatic hydroxyl groups excluding tert-OH is 3. The van der Waals surface area contributed by atoms with Crippen LogP contribution in [0.3, 0.4) is 0 Å². The molecule has 21 N–H and O–H groups in total. The minimum absolute atomic E-state index is 0.202. The largest absolute Gasteiger partial charge is 0.481 e. The van der Waals surface area contributed by atoms with Gasteiger partial charge in [-0.3, -0.25) is 71.9 Å². The third kappa shape index (κ3) is 26.9. The van der Waals surface area contributed by atoms with Crippen LogP contribution in [0.25, 0.3) is 0 Å². The number of nitrogens with zero attached hydrogens (tertiary/aromatic N) is 1. The number of H-pyrrole nitrogens is 1. The maximum Gasteiger partial charge on any atom is 0.326 e. The summed E-state index contributed by atoms with van der Waals surface area (Å²) in [5, 5.41) is 84.1. The third-order valence-corrected chi connectivity index (χ3v) is 12.1. The number of aliphatic carboxylic acids is 3. The zero-order valence-electron chi connectivity index (χ0n) is 48.0. The molecule has 1 heterocycles. The number of aromatic amines is 1. The van der Waals surface area contributed by atoms with E-state index in [-0.39, 0.29) is 6.42 Å². The van der Waals surface area contributed by atoms with Crippen molar-refractivity contribution in [1.29, 1.82) is 0 Å². The van der Waals surface area contributed by atoms with Gasteiger partial charge in [0.1, 0.15) is 66.5 Å². The Morgan fingerprint density at radius 2 is 0.872 bits per heavy atom. The van der Waals surface area contributed by atoms with E-state index in [1.807, 2.05) is 10.6 Å². The quantitative estimate of drug-likeness (QED) is 0.0291. The van der Waals surface area contributed by atoms with Crippen molar-refractivity contribution >= 4 is 94.7 Å². The predicted molar refractivity (Wildman–Crippen MR) is 290 cm³/mol. The van der Waals surface area contributed by atoms with Crippen molar-refractivity contribution in [3.05, 3.63) is 18.2 Å². The van der Waals surface area contributed by atoms with Gasteiger partial charge in [-0.25, -0.2) is 9.78 Å². The van der Waals surface area contributed by atoms with E-state index in [4.69, 9.17) is 10.8 Å². The number of carbonyl (C=O) groups is 16. The average molecular weight is 1230 g/mol. The van der Waals surface area contributed by atoms with Crippen LogP contribution in [0.1, 0.15) is 86.3 Å². The Morgan fingerprint density at radius 1 is 0.477 bits per heavy atom. The molecule has 11 atom stereocenters. The molecule has 0 unspecified atom stereocenters. The van der Waals surface area contributed by atoms with E-state index in [1.165, 1.54) is 47.1 Å². The highest BCUT2D eigenvalue weighted by Gasteiger charge is 2.36. The van der Waals surface area contributed by atoms with E-state index < -0.39 is 231 Å². The lowest BCUT2D eigenvalue weighted by Crippen LogP contribution is -2.61. The molecule has 0 aliphatic heterocycles. The zero-order chi connectivity index (χ0) is 65.7. The second kappa shape index (κ2) is 37.0. The first-order chi connectivity index (χ1) is 40.1. The summed E-state index contributed by atoms with van der Waals surface area (Å²) < 4.78 is 0. The van der Waals surface area contributed by atoms with E-state index in [2.05, 4.69) is 63.1 Å². The minimum Gasteiger partial charge on any atom is -0.481 e. The van der Waals surface area contributed by atoms with Crippen LogP contribution in [-0.4, -0.2) is 228 Å². The second-order valence-electron chi connectivity index (χ2n) is 20.0. The summed E-state index contributed by atoms with van der Waals surface area (Å²) in [4.78, 5) is 210. The van der Waals surface area contributed by atoms with Crippen LogP contribution in [0.5, 0.6) is 0 Å². The number of carboxylic acid groups (broad SMARTS) is 3. The predicted octanol–water partition coefficient (Wildman–Crippen LogP) is -9.56. The number of hydrogen-bond donors (Lipinski definition) is 20. The van der Waals surface area contributed by atoms with Crippen molar-refractivity contribution < 1.29 is 107 Å². The van der Waals surface area contributed by atoms with Crippen molar-refractivity contribution in [3.8, 4) is 0 Å². The van der Waals surface area contributed by atoms with Gasteiger partial charge < -0.3 is 105 Å². The molecule has 0 spiro atoms. The highest BCUT2D eigenvalue weighted by molar-refractivity contribution is 6.00. The Balaban J connectivity index is 3.09. The topological polar surface area (TPSA) is 594 Å². The van der Waals surface area contributed by atoms with Crippen molar-refractivity contribution in [3.63, 3.8) is 0 Å². The average Bonchev–Trinajstić information content (AvgIpc) is 3.13. The fourth-order valence-corrected chi connectivity index (χ4v) is 7.39. The van der Waals surface area contributed by atoms with Crippen molar-refractivity contribution in [2.75, 3.05) is 26.4 Å². The summed E-state index contributed by atoms with van der Waals surface area (Å²) >= 11 is 0. The van der Waals surface area contributed by atoms with Crippen LogP contribution in [0.2, 0.25) is 0 Å². The Hall–Kier alpha value is -9.39. The minimum atomic E-state index is -1.99. The highest BCUT2D eigenvalue weighted by atomic mass is 16.4. The number of imidazole rings is 1. The summed E-state index contributed by atoms with van der Waals surface area (Å²) in [6.45, 7) is 5.14. The molecule has 480 valence electrons. The van der Waals surface area contributed by atoms with E-state index in [0.29, 0.717) is 5.69 Å².